The Morgan fingerprint density at radius 2 is 2.05 bits per heavy atom. The van der Waals surface area contributed by atoms with Gasteiger partial charge in [0, 0.05) is 11.3 Å². The summed E-state index contributed by atoms with van der Waals surface area (Å²) in [6.07, 6.45) is 8.23. The van der Waals surface area contributed by atoms with Crippen LogP contribution in [0.2, 0.25) is 0 Å². The van der Waals surface area contributed by atoms with Crippen molar-refractivity contribution in [2.75, 3.05) is 12.8 Å². The fraction of sp³-hybridized carbons (Fsp3) is 0.562. The smallest absolute Gasteiger partial charge is 0.255 e. The molecule has 0 aromatic heterocycles. The molecule has 0 bridgehead atoms. The highest BCUT2D eigenvalue weighted by molar-refractivity contribution is 8.00. The Kier molecular flexibility index (Phi) is 4.97. The van der Waals surface area contributed by atoms with E-state index in [1.54, 1.807) is 25.1 Å². The Morgan fingerprint density at radius 3 is 2.70 bits per heavy atom. The van der Waals surface area contributed by atoms with Crippen molar-refractivity contribution in [3.05, 3.63) is 29.3 Å². The molecule has 4 heteroatoms. The van der Waals surface area contributed by atoms with Gasteiger partial charge in [-0.15, -0.1) is 0 Å². The Balaban J connectivity index is 2.02. The standard InChI is InChI=1S/C16H23NO2S/c1-12-7-6-8-13(14(12)18)15(19)17-11-16(20-2)9-4-3-5-10-16/h6-8,18H,3-5,9-11H2,1-2H3,(H,17,19). The Hall–Kier alpha value is -1.16. The minimum atomic E-state index is -0.176. The highest BCUT2D eigenvalue weighted by atomic mass is 32.2. The number of thioether (sulfide) groups is 1. The van der Waals surface area contributed by atoms with Gasteiger partial charge in [0.1, 0.15) is 5.75 Å². The molecule has 1 fully saturated rings. The molecule has 1 aliphatic rings. The summed E-state index contributed by atoms with van der Waals surface area (Å²) in [4.78, 5) is 12.2. The SMILES string of the molecule is CSC1(CNC(=O)c2cccc(C)c2O)CCCCC1. The van der Waals surface area contributed by atoms with Gasteiger partial charge in [-0.3, -0.25) is 4.79 Å². The molecule has 1 aliphatic carbocycles. The molecular formula is C16H23NO2S. The molecule has 0 radical (unpaired) electrons. The molecule has 110 valence electrons. The van der Waals surface area contributed by atoms with E-state index >= 15 is 0 Å². The second kappa shape index (κ2) is 6.53. The van der Waals surface area contributed by atoms with Gasteiger partial charge >= 0.3 is 0 Å². The highest BCUT2D eigenvalue weighted by Crippen LogP contribution is 2.38. The first kappa shape index (κ1) is 15.2. The fourth-order valence-corrected chi connectivity index (χ4v) is 3.74. The molecule has 2 rings (SSSR count). The van der Waals surface area contributed by atoms with Crippen LogP contribution in [-0.2, 0) is 0 Å². The van der Waals surface area contributed by atoms with Crippen LogP contribution in [0.4, 0.5) is 0 Å². The summed E-state index contributed by atoms with van der Waals surface area (Å²) in [5.74, 6) is -0.0861. The first-order valence-electron chi connectivity index (χ1n) is 7.20. The van der Waals surface area contributed by atoms with Crippen molar-refractivity contribution in [2.45, 2.75) is 43.8 Å². The molecular weight excluding hydrogens is 270 g/mol. The van der Waals surface area contributed by atoms with Gasteiger partial charge in [-0.2, -0.15) is 11.8 Å². The van der Waals surface area contributed by atoms with Crippen LogP contribution < -0.4 is 5.32 Å². The maximum Gasteiger partial charge on any atom is 0.255 e. The minimum Gasteiger partial charge on any atom is -0.507 e. The Bertz CT molecular complexity index is 481. The van der Waals surface area contributed by atoms with Crippen LogP contribution in [0.25, 0.3) is 0 Å². The van der Waals surface area contributed by atoms with E-state index in [1.807, 2.05) is 11.8 Å². The normalized spacial score (nSPS) is 17.7. The van der Waals surface area contributed by atoms with Crippen LogP contribution in [0.5, 0.6) is 5.75 Å². The van der Waals surface area contributed by atoms with Crippen molar-refractivity contribution in [1.29, 1.82) is 0 Å². The maximum atomic E-state index is 12.2. The van der Waals surface area contributed by atoms with Crippen molar-refractivity contribution in [3.63, 3.8) is 0 Å². The lowest BCUT2D eigenvalue weighted by Crippen LogP contribution is -2.41. The summed E-state index contributed by atoms with van der Waals surface area (Å²) in [5, 5.41) is 13.0. The van der Waals surface area contributed by atoms with E-state index in [2.05, 4.69) is 11.6 Å². The van der Waals surface area contributed by atoms with Crippen LogP contribution in [0.3, 0.4) is 0 Å². The number of aromatic hydroxyl groups is 1. The number of phenols is 1. The van der Waals surface area contributed by atoms with E-state index in [0.29, 0.717) is 12.1 Å². The van der Waals surface area contributed by atoms with Crippen LogP contribution in [0.1, 0.15) is 48.0 Å². The number of carbonyl (C=O) groups excluding carboxylic acids is 1. The van der Waals surface area contributed by atoms with Crippen LogP contribution in [0.15, 0.2) is 18.2 Å². The second-order valence-electron chi connectivity index (χ2n) is 5.60. The molecule has 0 aliphatic heterocycles. The summed E-state index contributed by atoms with van der Waals surface area (Å²) in [5.41, 5.74) is 1.10. The number of rotatable bonds is 4. The Labute approximate surface area is 125 Å². The number of hydrogen-bond donors (Lipinski definition) is 2. The monoisotopic (exact) mass is 293 g/mol. The van der Waals surface area contributed by atoms with Gasteiger partial charge in [0.05, 0.1) is 5.56 Å². The van der Waals surface area contributed by atoms with Gasteiger partial charge in [-0.25, -0.2) is 0 Å². The third kappa shape index (κ3) is 3.29. The van der Waals surface area contributed by atoms with E-state index in [0.717, 1.165) is 18.4 Å². The van der Waals surface area contributed by atoms with Gasteiger partial charge in [0.25, 0.3) is 5.91 Å². The summed E-state index contributed by atoms with van der Waals surface area (Å²) in [6, 6.07) is 5.27. The lowest BCUT2D eigenvalue weighted by atomic mass is 9.88. The topological polar surface area (TPSA) is 49.3 Å². The third-order valence-corrected chi connectivity index (χ3v) is 5.67. The average Bonchev–Trinajstić information content (AvgIpc) is 2.48. The third-order valence-electron chi connectivity index (χ3n) is 4.25. The number of carbonyl (C=O) groups is 1. The van der Waals surface area contributed by atoms with Gasteiger partial charge in [0.15, 0.2) is 0 Å². The zero-order chi connectivity index (χ0) is 14.6. The molecule has 3 nitrogen and oxygen atoms in total. The number of amides is 1. The van der Waals surface area contributed by atoms with Gasteiger partial charge in [0.2, 0.25) is 0 Å². The average molecular weight is 293 g/mol. The molecule has 0 atom stereocenters. The summed E-state index contributed by atoms with van der Waals surface area (Å²) in [6.45, 7) is 2.48. The summed E-state index contributed by atoms with van der Waals surface area (Å²) in [7, 11) is 0. The number of nitrogens with one attached hydrogen (secondary N) is 1. The van der Waals surface area contributed by atoms with Crippen molar-refractivity contribution in [2.24, 2.45) is 0 Å². The van der Waals surface area contributed by atoms with Gasteiger partial charge < -0.3 is 10.4 Å². The highest BCUT2D eigenvalue weighted by Gasteiger charge is 2.31. The first-order valence-corrected chi connectivity index (χ1v) is 8.42. The van der Waals surface area contributed by atoms with Gasteiger partial charge in [-0.05, 0) is 37.7 Å². The van der Waals surface area contributed by atoms with Crippen LogP contribution in [0, 0.1) is 6.92 Å². The summed E-state index contributed by atoms with van der Waals surface area (Å²) >= 11 is 1.86. The van der Waals surface area contributed by atoms with E-state index in [9.17, 15) is 9.90 Å². The van der Waals surface area contributed by atoms with Gasteiger partial charge in [-0.1, -0.05) is 31.4 Å². The molecule has 0 saturated heterocycles. The Morgan fingerprint density at radius 1 is 1.35 bits per heavy atom. The second-order valence-corrected chi connectivity index (χ2v) is 6.88. The van der Waals surface area contributed by atoms with E-state index < -0.39 is 0 Å². The number of aryl methyl sites for hydroxylation is 1. The van der Waals surface area contributed by atoms with Crippen molar-refractivity contribution < 1.29 is 9.90 Å². The minimum absolute atomic E-state index is 0.0897. The first-order chi connectivity index (χ1) is 9.58. The van der Waals surface area contributed by atoms with E-state index in [1.165, 1.54) is 19.3 Å². The number of hydrogen-bond acceptors (Lipinski definition) is 3. The largest absolute Gasteiger partial charge is 0.507 e. The molecule has 1 amide bonds. The van der Waals surface area contributed by atoms with Crippen molar-refractivity contribution >= 4 is 17.7 Å². The number of benzene rings is 1. The zero-order valence-corrected chi connectivity index (χ0v) is 13.1. The lowest BCUT2D eigenvalue weighted by molar-refractivity contribution is 0.0944. The van der Waals surface area contributed by atoms with Crippen molar-refractivity contribution in [3.8, 4) is 5.75 Å². The molecule has 1 aromatic carbocycles. The predicted molar refractivity (Wildman–Crippen MR) is 84.5 cm³/mol. The molecule has 2 N–H and O–H groups in total. The fourth-order valence-electron chi connectivity index (χ4n) is 2.83. The molecule has 1 saturated carbocycles. The zero-order valence-electron chi connectivity index (χ0n) is 12.2. The molecule has 0 spiro atoms. The quantitative estimate of drug-likeness (QED) is 0.893. The molecule has 20 heavy (non-hydrogen) atoms. The summed E-state index contributed by atoms with van der Waals surface area (Å²) < 4.78 is 0.174. The van der Waals surface area contributed by atoms with E-state index in [-0.39, 0.29) is 16.4 Å². The maximum absolute atomic E-state index is 12.2. The van der Waals surface area contributed by atoms with Crippen molar-refractivity contribution in [1.82, 2.24) is 5.32 Å². The molecule has 0 heterocycles. The number of phenolic OH excluding ortho intramolecular Hbond substituents is 1. The van der Waals surface area contributed by atoms with Crippen LogP contribution >= 0.6 is 11.8 Å². The van der Waals surface area contributed by atoms with Crippen LogP contribution in [-0.4, -0.2) is 28.6 Å². The predicted octanol–water partition coefficient (Wildman–Crippen LogP) is 3.50. The lowest BCUT2D eigenvalue weighted by Gasteiger charge is -2.35. The molecule has 1 aromatic rings. The number of para-hydroxylation sites is 1. The molecule has 0 unspecified atom stereocenters. The van der Waals surface area contributed by atoms with E-state index in [4.69, 9.17) is 0 Å².